The zero-order valence-electron chi connectivity index (χ0n) is 10.7. The van der Waals surface area contributed by atoms with Crippen LogP contribution < -0.4 is 5.32 Å². The van der Waals surface area contributed by atoms with E-state index in [9.17, 15) is 10.1 Å². The zero-order chi connectivity index (χ0) is 14.8. The van der Waals surface area contributed by atoms with E-state index in [0.717, 1.165) is 0 Å². The number of anilines is 1. The summed E-state index contributed by atoms with van der Waals surface area (Å²) in [6, 6.07) is 12.7. The maximum Gasteiger partial charge on any atom is 0.411 e. The Kier molecular flexibility index (Phi) is 2.97. The molecule has 2 N–H and O–H groups in total. The van der Waals surface area contributed by atoms with Crippen molar-refractivity contribution in [2.24, 2.45) is 0 Å². The van der Waals surface area contributed by atoms with E-state index < -0.39 is 6.09 Å². The fourth-order valence-corrected chi connectivity index (χ4v) is 2.07. The van der Waals surface area contributed by atoms with Gasteiger partial charge in [0, 0.05) is 11.8 Å². The molecule has 7 nitrogen and oxygen atoms in total. The zero-order valence-corrected chi connectivity index (χ0v) is 10.7. The number of benzene rings is 1. The molecule has 0 aliphatic heterocycles. The number of nitrogens with zero attached hydrogens (tertiary/aromatic N) is 4. The number of hydrogen-bond donors (Lipinski definition) is 2. The lowest BCUT2D eigenvalue weighted by atomic mass is 10.0. The van der Waals surface area contributed by atoms with Crippen molar-refractivity contribution in [2.75, 3.05) is 5.32 Å². The summed E-state index contributed by atoms with van der Waals surface area (Å²) < 4.78 is 1.52. The quantitative estimate of drug-likeness (QED) is 0.749. The van der Waals surface area contributed by atoms with E-state index in [-0.39, 0.29) is 5.95 Å². The molecule has 3 rings (SSSR count). The Labute approximate surface area is 119 Å². The first-order chi connectivity index (χ1) is 10.2. The third-order valence-corrected chi connectivity index (χ3v) is 2.91. The number of hydrogen-bond acceptors (Lipinski definition) is 4. The summed E-state index contributed by atoms with van der Waals surface area (Å²) in [5, 5.41) is 24.2. The van der Waals surface area contributed by atoms with E-state index in [1.54, 1.807) is 42.6 Å². The second-order valence-electron chi connectivity index (χ2n) is 4.21. The lowest BCUT2D eigenvalue weighted by Gasteiger charge is -2.08. The molecule has 0 bridgehead atoms. The monoisotopic (exact) mass is 279 g/mol. The van der Waals surface area contributed by atoms with Crippen molar-refractivity contribution in [3.8, 4) is 17.3 Å². The van der Waals surface area contributed by atoms with E-state index >= 15 is 0 Å². The lowest BCUT2D eigenvalue weighted by Crippen LogP contribution is -2.13. The van der Waals surface area contributed by atoms with Crippen molar-refractivity contribution < 1.29 is 9.90 Å². The number of amides is 1. The molecule has 7 heteroatoms. The van der Waals surface area contributed by atoms with E-state index in [1.165, 1.54) is 4.52 Å². The van der Waals surface area contributed by atoms with Crippen molar-refractivity contribution in [2.45, 2.75) is 0 Å². The molecule has 0 aliphatic carbocycles. The van der Waals surface area contributed by atoms with Gasteiger partial charge in [0.2, 0.25) is 0 Å². The summed E-state index contributed by atoms with van der Waals surface area (Å²) in [5.74, 6) is -0.0473. The number of nitrogens with one attached hydrogen (secondary N) is 1. The second-order valence-corrected chi connectivity index (χ2v) is 4.21. The van der Waals surface area contributed by atoms with Gasteiger partial charge in [0.15, 0.2) is 0 Å². The molecule has 2 aromatic heterocycles. The van der Waals surface area contributed by atoms with Gasteiger partial charge in [-0.25, -0.2) is 14.3 Å². The number of nitriles is 1. The molecule has 0 aliphatic rings. The molecular formula is C14H9N5O2. The van der Waals surface area contributed by atoms with Crippen LogP contribution in [0.25, 0.3) is 16.8 Å². The second kappa shape index (κ2) is 4.94. The minimum atomic E-state index is -1.25. The molecule has 0 unspecified atom stereocenters. The molecule has 21 heavy (non-hydrogen) atoms. The van der Waals surface area contributed by atoms with Crippen molar-refractivity contribution in [1.82, 2.24) is 14.6 Å². The summed E-state index contributed by atoms with van der Waals surface area (Å²) in [6.07, 6.45) is 0.434. The predicted molar refractivity (Wildman–Crippen MR) is 74.8 cm³/mol. The average Bonchev–Trinajstić information content (AvgIpc) is 2.94. The van der Waals surface area contributed by atoms with Crippen molar-refractivity contribution in [3.05, 3.63) is 48.2 Å². The first-order valence-corrected chi connectivity index (χ1v) is 6.04. The Bertz CT molecular complexity index is 878. The van der Waals surface area contributed by atoms with Gasteiger partial charge >= 0.3 is 6.09 Å². The van der Waals surface area contributed by atoms with Gasteiger partial charge in [0.05, 0.1) is 17.1 Å². The average molecular weight is 279 g/mol. The van der Waals surface area contributed by atoms with E-state index in [4.69, 9.17) is 5.11 Å². The molecule has 3 aromatic rings. The summed E-state index contributed by atoms with van der Waals surface area (Å²) in [5.41, 5.74) is 2.27. The van der Waals surface area contributed by atoms with Gasteiger partial charge < -0.3 is 5.11 Å². The van der Waals surface area contributed by atoms with Crippen LogP contribution in [0.3, 0.4) is 0 Å². The first kappa shape index (κ1) is 12.6. The molecule has 0 radical (unpaired) electrons. The molecule has 2 heterocycles. The van der Waals surface area contributed by atoms with Crippen LogP contribution in [-0.2, 0) is 0 Å². The Balaban J connectivity index is 2.28. The maximum atomic E-state index is 10.8. The van der Waals surface area contributed by atoms with Crippen LogP contribution in [0.4, 0.5) is 10.7 Å². The van der Waals surface area contributed by atoms with Gasteiger partial charge in [0.25, 0.3) is 5.95 Å². The number of fused-ring (bicyclic) bond motifs is 1. The maximum absolute atomic E-state index is 10.8. The van der Waals surface area contributed by atoms with Crippen LogP contribution in [-0.4, -0.2) is 25.8 Å². The van der Waals surface area contributed by atoms with E-state index in [1.807, 2.05) is 0 Å². The standard InChI is InChI=1S/C14H9N5O2/c15-8-9-4-1-2-5-10(9)12-11-6-3-7-19(11)18-13(16-12)17-14(20)21/h1-7H,(H,17,18)(H,20,21). The number of rotatable bonds is 2. The Morgan fingerprint density at radius 3 is 2.86 bits per heavy atom. The highest BCUT2D eigenvalue weighted by atomic mass is 16.4. The van der Waals surface area contributed by atoms with Crippen molar-refractivity contribution in [1.29, 1.82) is 5.26 Å². The van der Waals surface area contributed by atoms with Crippen LogP contribution in [0.5, 0.6) is 0 Å². The van der Waals surface area contributed by atoms with Gasteiger partial charge in [-0.1, -0.05) is 18.2 Å². The molecule has 0 atom stereocenters. The largest absolute Gasteiger partial charge is 0.465 e. The topological polar surface area (TPSA) is 103 Å². The van der Waals surface area contributed by atoms with Gasteiger partial charge in [-0.05, 0) is 18.2 Å². The third-order valence-electron chi connectivity index (χ3n) is 2.91. The smallest absolute Gasteiger partial charge is 0.411 e. The number of carbonyl (C=O) groups is 1. The molecule has 0 saturated carbocycles. The number of aromatic nitrogens is 3. The normalized spacial score (nSPS) is 10.2. The summed E-state index contributed by atoms with van der Waals surface area (Å²) in [4.78, 5) is 15.0. The SMILES string of the molecule is N#Cc1ccccc1-c1nc(NC(=O)O)nn2cccc12. The van der Waals surface area contributed by atoms with E-state index in [0.29, 0.717) is 22.3 Å². The van der Waals surface area contributed by atoms with Gasteiger partial charge in [-0.2, -0.15) is 5.26 Å². The van der Waals surface area contributed by atoms with E-state index in [2.05, 4.69) is 21.5 Å². The minimum absolute atomic E-state index is 0.0473. The summed E-state index contributed by atoms with van der Waals surface area (Å²) in [6.45, 7) is 0. The van der Waals surface area contributed by atoms with Crippen molar-refractivity contribution in [3.63, 3.8) is 0 Å². The van der Waals surface area contributed by atoms with Gasteiger partial charge in [-0.3, -0.25) is 5.32 Å². The Morgan fingerprint density at radius 1 is 1.29 bits per heavy atom. The summed E-state index contributed by atoms with van der Waals surface area (Å²) in [7, 11) is 0. The molecule has 0 fully saturated rings. The molecule has 0 spiro atoms. The fourth-order valence-electron chi connectivity index (χ4n) is 2.07. The van der Waals surface area contributed by atoms with Crippen LogP contribution in [0.2, 0.25) is 0 Å². The molecule has 0 saturated heterocycles. The summed E-state index contributed by atoms with van der Waals surface area (Å²) >= 11 is 0. The lowest BCUT2D eigenvalue weighted by molar-refractivity contribution is 0.209. The molecular weight excluding hydrogens is 270 g/mol. The van der Waals surface area contributed by atoms with Crippen LogP contribution in [0.1, 0.15) is 5.56 Å². The Morgan fingerprint density at radius 2 is 2.10 bits per heavy atom. The van der Waals surface area contributed by atoms with Crippen LogP contribution in [0.15, 0.2) is 42.6 Å². The van der Waals surface area contributed by atoms with Gasteiger partial charge in [-0.15, -0.1) is 5.10 Å². The molecule has 102 valence electrons. The molecule has 1 aromatic carbocycles. The van der Waals surface area contributed by atoms with Gasteiger partial charge in [0.1, 0.15) is 5.69 Å². The highest BCUT2D eigenvalue weighted by Crippen LogP contribution is 2.26. The van der Waals surface area contributed by atoms with Crippen molar-refractivity contribution >= 4 is 17.6 Å². The fraction of sp³-hybridized carbons (Fsp3) is 0. The first-order valence-electron chi connectivity index (χ1n) is 6.04. The van der Waals surface area contributed by atoms with Crippen LogP contribution >= 0.6 is 0 Å². The number of carboxylic acid groups (broad SMARTS) is 1. The predicted octanol–water partition coefficient (Wildman–Crippen LogP) is 2.36. The highest BCUT2D eigenvalue weighted by Gasteiger charge is 2.14. The molecule has 1 amide bonds. The third kappa shape index (κ3) is 2.26. The highest BCUT2D eigenvalue weighted by molar-refractivity contribution is 5.84. The minimum Gasteiger partial charge on any atom is -0.465 e. The van der Waals surface area contributed by atoms with Crippen LogP contribution in [0, 0.1) is 11.3 Å². The Hall–Kier alpha value is -3.40.